The predicted molar refractivity (Wildman–Crippen MR) is 63.6 cm³/mol. The van der Waals surface area contributed by atoms with Crippen molar-refractivity contribution in [1.82, 2.24) is 0 Å². The zero-order chi connectivity index (χ0) is 12.4. The summed E-state index contributed by atoms with van der Waals surface area (Å²) < 4.78 is 0. The molecule has 0 radical (unpaired) electrons. The summed E-state index contributed by atoms with van der Waals surface area (Å²) in [6.45, 7) is 1.60. The highest BCUT2D eigenvalue weighted by molar-refractivity contribution is 6.21. The Morgan fingerprint density at radius 2 is 1.71 bits per heavy atom. The Kier molecular flexibility index (Phi) is 2.78. The minimum atomic E-state index is -0.205. The fourth-order valence-corrected chi connectivity index (χ4v) is 1.53. The minimum absolute atomic E-state index is 0.145. The van der Waals surface area contributed by atoms with Crippen LogP contribution >= 0.6 is 0 Å². The zero-order valence-electron chi connectivity index (χ0n) is 9.23. The molecule has 0 heterocycles. The van der Waals surface area contributed by atoms with Crippen molar-refractivity contribution in [3.05, 3.63) is 47.7 Å². The molecule has 0 unspecified atom stereocenters. The summed E-state index contributed by atoms with van der Waals surface area (Å²) in [5, 5.41) is 12.0. The number of carbonyl (C=O) groups excluding carboxylic acids is 2. The van der Waals surface area contributed by atoms with Crippen molar-refractivity contribution in [3.8, 4) is 5.75 Å². The van der Waals surface area contributed by atoms with Crippen molar-refractivity contribution >= 4 is 17.3 Å². The number of phenolic OH excluding ortho intramolecular Hbond substituents is 1. The smallest absolute Gasteiger partial charge is 0.205 e. The SMILES string of the molecule is CC1=CC(=O)C=C(Nc2ccc(O)cc2)C1=O. The van der Waals surface area contributed by atoms with Gasteiger partial charge < -0.3 is 10.4 Å². The van der Waals surface area contributed by atoms with Crippen LogP contribution in [0.3, 0.4) is 0 Å². The van der Waals surface area contributed by atoms with Crippen molar-refractivity contribution in [3.63, 3.8) is 0 Å². The first kappa shape index (κ1) is 11.1. The molecule has 2 rings (SSSR count). The van der Waals surface area contributed by atoms with E-state index in [9.17, 15) is 9.59 Å². The molecule has 0 spiro atoms. The van der Waals surface area contributed by atoms with Gasteiger partial charge >= 0.3 is 0 Å². The Bertz CT molecular complexity index is 538. The van der Waals surface area contributed by atoms with Crippen LogP contribution < -0.4 is 5.32 Å². The number of hydrogen-bond acceptors (Lipinski definition) is 4. The van der Waals surface area contributed by atoms with E-state index in [1.54, 1.807) is 19.1 Å². The minimum Gasteiger partial charge on any atom is -0.508 e. The van der Waals surface area contributed by atoms with Gasteiger partial charge in [-0.3, -0.25) is 9.59 Å². The van der Waals surface area contributed by atoms with Gasteiger partial charge in [-0.05, 0) is 37.3 Å². The van der Waals surface area contributed by atoms with E-state index in [-0.39, 0.29) is 23.0 Å². The summed E-state index contributed by atoms with van der Waals surface area (Å²) in [5.74, 6) is -0.257. The molecule has 86 valence electrons. The van der Waals surface area contributed by atoms with Crippen LogP contribution in [0.15, 0.2) is 47.7 Å². The van der Waals surface area contributed by atoms with Gasteiger partial charge in [-0.2, -0.15) is 0 Å². The predicted octanol–water partition coefficient (Wildman–Crippen LogP) is 1.79. The Morgan fingerprint density at radius 3 is 2.35 bits per heavy atom. The van der Waals surface area contributed by atoms with Crippen LogP contribution in [0.25, 0.3) is 0 Å². The van der Waals surface area contributed by atoms with Crippen LogP contribution in [-0.2, 0) is 9.59 Å². The standard InChI is InChI=1S/C13H11NO3/c1-8-6-11(16)7-12(13(8)17)14-9-2-4-10(15)5-3-9/h2-7,14-15H,1H3. The van der Waals surface area contributed by atoms with Gasteiger partial charge in [0.05, 0.1) is 5.70 Å². The molecule has 1 aromatic carbocycles. The van der Waals surface area contributed by atoms with E-state index in [0.29, 0.717) is 11.3 Å². The number of carbonyl (C=O) groups is 2. The highest BCUT2D eigenvalue weighted by Crippen LogP contribution is 2.18. The number of allylic oxidation sites excluding steroid dienone is 3. The Hall–Kier alpha value is -2.36. The second-order valence-corrected chi connectivity index (χ2v) is 3.79. The van der Waals surface area contributed by atoms with Gasteiger partial charge in [0, 0.05) is 17.3 Å². The van der Waals surface area contributed by atoms with Crippen molar-refractivity contribution in [2.24, 2.45) is 0 Å². The second kappa shape index (κ2) is 4.25. The quantitative estimate of drug-likeness (QED) is 0.599. The normalized spacial score (nSPS) is 15.4. The number of aromatic hydroxyl groups is 1. The van der Waals surface area contributed by atoms with Gasteiger partial charge in [0.2, 0.25) is 5.78 Å². The molecule has 4 heteroatoms. The number of ketones is 2. The van der Waals surface area contributed by atoms with Crippen LogP contribution in [0.5, 0.6) is 5.75 Å². The Labute approximate surface area is 98.3 Å². The lowest BCUT2D eigenvalue weighted by atomic mass is 10.0. The summed E-state index contributed by atoms with van der Waals surface area (Å²) in [5.41, 5.74) is 1.31. The second-order valence-electron chi connectivity index (χ2n) is 3.79. The van der Waals surface area contributed by atoms with E-state index in [1.807, 2.05) is 0 Å². The van der Waals surface area contributed by atoms with Gasteiger partial charge in [-0.1, -0.05) is 0 Å². The molecular formula is C13H11NO3. The largest absolute Gasteiger partial charge is 0.508 e. The van der Waals surface area contributed by atoms with Crippen LogP contribution in [0.1, 0.15) is 6.92 Å². The molecule has 1 aliphatic rings. The first-order chi connectivity index (χ1) is 8.06. The summed E-state index contributed by atoms with van der Waals surface area (Å²) in [6.07, 6.45) is 2.58. The first-order valence-electron chi connectivity index (χ1n) is 5.11. The van der Waals surface area contributed by atoms with E-state index in [1.165, 1.54) is 24.3 Å². The van der Waals surface area contributed by atoms with Crippen molar-refractivity contribution in [1.29, 1.82) is 0 Å². The number of Topliss-reactive ketones (excluding diaryl/α,β-unsaturated/α-hetero) is 1. The number of nitrogens with one attached hydrogen (secondary N) is 1. The Morgan fingerprint density at radius 1 is 1.06 bits per heavy atom. The van der Waals surface area contributed by atoms with Gasteiger partial charge in [-0.15, -0.1) is 0 Å². The van der Waals surface area contributed by atoms with E-state index in [4.69, 9.17) is 5.11 Å². The summed E-state index contributed by atoms with van der Waals surface area (Å²) in [4.78, 5) is 23.0. The monoisotopic (exact) mass is 229 g/mol. The van der Waals surface area contributed by atoms with E-state index in [0.717, 1.165) is 0 Å². The number of rotatable bonds is 2. The highest BCUT2D eigenvalue weighted by atomic mass is 16.3. The van der Waals surface area contributed by atoms with Crippen molar-refractivity contribution < 1.29 is 14.7 Å². The number of anilines is 1. The van der Waals surface area contributed by atoms with Gasteiger partial charge in [-0.25, -0.2) is 0 Å². The van der Waals surface area contributed by atoms with Gasteiger partial charge in [0.1, 0.15) is 5.75 Å². The Balaban J connectivity index is 2.22. The molecule has 0 aromatic heterocycles. The lowest BCUT2D eigenvalue weighted by Gasteiger charge is -2.13. The third-order valence-electron chi connectivity index (χ3n) is 2.39. The maximum absolute atomic E-state index is 11.7. The maximum Gasteiger partial charge on any atom is 0.205 e. The number of benzene rings is 1. The fourth-order valence-electron chi connectivity index (χ4n) is 1.53. The average Bonchev–Trinajstić information content (AvgIpc) is 2.28. The molecular weight excluding hydrogens is 218 g/mol. The summed E-state index contributed by atoms with van der Waals surface area (Å²) in [7, 11) is 0. The number of phenols is 1. The molecule has 0 aliphatic heterocycles. The molecule has 4 nitrogen and oxygen atoms in total. The maximum atomic E-state index is 11.7. The molecule has 17 heavy (non-hydrogen) atoms. The number of hydrogen-bond donors (Lipinski definition) is 2. The summed E-state index contributed by atoms with van der Waals surface area (Å²) in [6, 6.07) is 6.25. The fraction of sp³-hybridized carbons (Fsp3) is 0.0769. The first-order valence-corrected chi connectivity index (χ1v) is 5.11. The van der Waals surface area contributed by atoms with E-state index >= 15 is 0 Å². The van der Waals surface area contributed by atoms with Crippen LogP contribution in [0.2, 0.25) is 0 Å². The van der Waals surface area contributed by atoms with Crippen LogP contribution in [-0.4, -0.2) is 16.7 Å². The van der Waals surface area contributed by atoms with Gasteiger partial charge in [0.15, 0.2) is 5.78 Å². The third-order valence-corrected chi connectivity index (χ3v) is 2.39. The highest BCUT2D eigenvalue weighted by Gasteiger charge is 2.18. The topological polar surface area (TPSA) is 66.4 Å². The molecule has 2 N–H and O–H groups in total. The molecule has 0 atom stereocenters. The molecule has 0 amide bonds. The third kappa shape index (κ3) is 2.42. The molecule has 0 fully saturated rings. The lowest BCUT2D eigenvalue weighted by molar-refractivity contribution is -0.115. The van der Waals surface area contributed by atoms with Crippen molar-refractivity contribution in [2.75, 3.05) is 5.32 Å². The molecule has 0 saturated heterocycles. The average molecular weight is 229 g/mol. The lowest BCUT2D eigenvalue weighted by Crippen LogP contribution is -2.18. The van der Waals surface area contributed by atoms with Gasteiger partial charge in [0.25, 0.3) is 0 Å². The van der Waals surface area contributed by atoms with Crippen molar-refractivity contribution in [2.45, 2.75) is 6.92 Å². The molecule has 0 saturated carbocycles. The summed E-state index contributed by atoms with van der Waals surface area (Å²) >= 11 is 0. The van der Waals surface area contributed by atoms with Crippen LogP contribution in [0.4, 0.5) is 5.69 Å². The zero-order valence-corrected chi connectivity index (χ0v) is 9.23. The van der Waals surface area contributed by atoms with E-state index < -0.39 is 0 Å². The van der Waals surface area contributed by atoms with Crippen LogP contribution in [0, 0.1) is 0 Å². The molecule has 1 aliphatic carbocycles. The molecule has 1 aromatic rings. The molecule has 0 bridgehead atoms. The van der Waals surface area contributed by atoms with E-state index in [2.05, 4.69) is 5.32 Å².